The lowest BCUT2D eigenvalue weighted by Gasteiger charge is -1.76. The molecule has 0 N–H and O–H groups in total. The largest absolute Gasteiger partial charge is 0.511 e. The summed E-state index contributed by atoms with van der Waals surface area (Å²) in [5, 5.41) is 0. The van der Waals surface area contributed by atoms with Crippen LogP contribution in [-0.2, 0) is 15.2 Å². The molecule has 0 fully saturated rings. The van der Waals surface area contributed by atoms with E-state index in [0.717, 1.165) is 0 Å². The van der Waals surface area contributed by atoms with Gasteiger partial charge in [-0.05, 0) is 0 Å². The molecule has 0 aromatic heterocycles. The summed E-state index contributed by atoms with van der Waals surface area (Å²) < 4.78 is 31.9. The fourth-order valence-corrected chi connectivity index (χ4v) is 0.176. The van der Waals surface area contributed by atoms with Crippen molar-refractivity contribution in [2.45, 2.75) is 0 Å². The molecular formula is CHFO4S. The van der Waals surface area contributed by atoms with Crippen LogP contribution in [0.5, 0.6) is 0 Å². The van der Waals surface area contributed by atoms with Crippen LogP contribution >= 0.6 is 0 Å². The summed E-state index contributed by atoms with van der Waals surface area (Å²) in [5.41, 5.74) is 0. The topological polar surface area (TPSA) is 60.4 Å². The second kappa shape index (κ2) is 2.51. The summed E-state index contributed by atoms with van der Waals surface area (Å²) in [4.78, 5) is 8.98. The lowest BCUT2D eigenvalue weighted by Crippen LogP contribution is -1.89. The van der Waals surface area contributed by atoms with Gasteiger partial charge in [0.2, 0.25) is 0 Å². The van der Waals surface area contributed by atoms with Crippen LogP contribution in [0.25, 0.3) is 0 Å². The lowest BCUT2D eigenvalue weighted by atomic mass is 11.5. The fraction of sp³-hybridized carbons (Fsp3) is 0. The van der Waals surface area contributed by atoms with E-state index in [1.54, 1.807) is 0 Å². The number of halogens is 1. The monoisotopic (exact) mass is 128 g/mol. The molecule has 0 bridgehead atoms. The van der Waals surface area contributed by atoms with Crippen molar-refractivity contribution in [2.75, 3.05) is 0 Å². The smallest absolute Gasteiger partial charge is 0.320 e. The van der Waals surface area contributed by atoms with E-state index < -0.39 is 17.2 Å². The summed E-state index contributed by atoms with van der Waals surface area (Å²) in [5.74, 6) is 0. The third-order valence-corrected chi connectivity index (χ3v) is 0.439. The molecule has 42 valence electrons. The van der Waals surface area contributed by atoms with Crippen molar-refractivity contribution in [2.24, 2.45) is 0 Å². The molecular weight excluding hydrogens is 127 g/mol. The zero-order valence-electron chi connectivity index (χ0n) is 2.96. The van der Waals surface area contributed by atoms with Gasteiger partial charge in [-0.15, -0.1) is 4.39 Å². The molecule has 0 aliphatic heterocycles. The highest BCUT2D eigenvalue weighted by Gasteiger charge is 1.94. The zero-order chi connectivity index (χ0) is 5.86. The Morgan fingerprint density at radius 3 is 2.00 bits per heavy atom. The van der Waals surface area contributed by atoms with Crippen LogP contribution in [0.3, 0.4) is 0 Å². The third kappa shape index (κ3) is 5.35. The zero-order valence-corrected chi connectivity index (χ0v) is 3.85. The molecule has 0 radical (unpaired) electrons. The lowest BCUT2D eigenvalue weighted by molar-refractivity contribution is 0.180. The third-order valence-electron chi connectivity index (χ3n) is 0.146. The second-order valence-corrected chi connectivity index (χ2v) is 1.18. The molecule has 0 spiro atoms. The minimum Gasteiger partial charge on any atom is -0.320 e. The maximum absolute atomic E-state index is 10.7. The van der Waals surface area contributed by atoms with Crippen molar-refractivity contribution in [1.29, 1.82) is 0 Å². The van der Waals surface area contributed by atoms with Crippen LogP contribution in [0, 0.1) is 0 Å². The van der Waals surface area contributed by atoms with Gasteiger partial charge in [0.1, 0.15) is 0 Å². The number of rotatable bonds is 1. The van der Waals surface area contributed by atoms with Crippen molar-refractivity contribution in [1.82, 2.24) is 0 Å². The van der Waals surface area contributed by atoms with Gasteiger partial charge in [0.05, 0.1) is 0 Å². The van der Waals surface area contributed by atoms with Gasteiger partial charge in [0.15, 0.2) is 0 Å². The first kappa shape index (κ1) is 6.35. The maximum Gasteiger partial charge on any atom is 0.511 e. The Bertz CT molecular complexity index is 129. The van der Waals surface area contributed by atoms with Crippen LogP contribution in [0.2, 0.25) is 0 Å². The van der Waals surface area contributed by atoms with Gasteiger partial charge >= 0.3 is 17.2 Å². The quantitative estimate of drug-likeness (QED) is 0.386. The number of carbonyl (C=O) groups is 1. The normalized spacial score (nSPS) is 8.86. The highest BCUT2D eigenvalue weighted by atomic mass is 32.2. The van der Waals surface area contributed by atoms with Crippen molar-refractivity contribution >= 4 is 17.2 Å². The van der Waals surface area contributed by atoms with Gasteiger partial charge in [-0.3, -0.25) is 0 Å². The average molecular weight is 128 g/mol. The number of hydrogen-bond acceptors (Lipinski definition) is 4. The fourth-order valence-electron chi connectivity index (χ4n) is 0.0586. The molecule has 0 amide bonds. The van der Waals surface area contributed by atoms with E-state index in [-0.39, 0.29) is 0 Å². The maximum atomic E-state index is 10.7. The molecule has 7 heavy (non-hydrogen) atoms. The van der Waals surface area contributed by atoms with E-state index in [9.17, 15) is 4.39 Å². The summed E-state index contributed by atoms with van der Waals surface area (Å²) >= 11 is 0. The Balaban J connectivity index is 3.53. The highest BCUT2D eigenvalue weighted by molar-refractivity contribution is 7.67. The van der Waals surface area contributed by atoms with E-state index in [2.05, 4.69) is 4.18 Å². The predicted octanol–water partition coefficient (Wildman–Crippen LogP) is -0.381. The first-order chi connectivity index (χ1) is 3.13. The minimum atomic E-state index is -3.36. The molecule has 0 saturated carbocycles. The van der Waals surface area contributed by atoms with Gasteiger partial charge in [-0.1, -0.05) is 0 Å². The van der Waals surface area contributed by atoms with Crippen LogP contribution in [-0.4, -0.2) is 14.6 Å². The Labute approximate surface area is 40.0 Å². The Hall–Kier alpha value is -0.650. The number of thiol groups is 1. The molecule has 0 saturated heterocycles. The highest BCUT2D eigenvalue weighted by Crippen LogP contribution is 1.78. The standard InChI is InChI=1S/CHFO4S/c2-1(3)6-7(4)5/h7H. The van der Waals surface area contributed by atoms with Gasteiger partial charge in [-0.2, -0.15) is 8.42 Å². The van der Waals surface area contributed by atoms with E-state index >= 15 is 0 Å². The summed E-state index contributed by atoms with van der Waals surface area (Å²) in [6.07, 6.45) is -2.31. The summed E-state index contributed by atoms with van der Waals surface area (Å²) in [6.45, 7) is 0. The predicted molar refractivity (Wildman–Crippen MR) is 17.9 cm³/mol. The van der Waals surface area contributed by atoms with Crippen molar-refractivity contribution in [3.8, 4) is 0 Å². The van der Waals surface area contributed by atoms with Gasteiger partial charge in [-0.25, -0.2) is 4.79 Å². The second-order valence-electron chi connectivity index (χ2n) is 0.553. The molecule has 0 aromatic rings. The minimum absolute atomic E-state index is 2.31. The molecule has 0 aliphatic carbocycles. The van der Waals surface area contributed by atoms with Crippen LogP contribution < -0.4 is 0 Å². The Morgan fingerprint density at radius 1 is 1.57 bits per heavy atom. The number of carbonyl (C=O) groups excluding carboxylic acids is 1. The average Bonchev–Trinajstić information content (AvgIpc) is 1.27. The molecule has 0 unspecified atom stereocenters. The molecule has 0 rings (SSSR count). The van der Waals surface area contributed by atoms with Crippen LogP contribution in [0.15, 0.2) is 0 Å². The Morgan fingerprint density at radius 2 is 2.00 bits per heavy atom. The molecule has 0 heterocycles. The first-order valence-electron chi connectivity index (χ1n) is 1.14. The molecule has 0 atom stereocenters. The van der Waals surface area contributed by atoms with Crippen molar-refractivity contribution in [3.63, 3.8) is 0 Å². The van der Waals surface area contributed by atoms with Crippen molar-refractivity contribution in [3.05, 3.63) is 0 Å². The summed E-state index contributed by atoms with van der Waals surface area (Å²) in [7, 11) is -3.36. The first-order valence-corrected chi connectivity index (χ1v) is 2.24. The van der Waals surface area contributed by atoms with E-state index in [1.807, 2.05) is 0 Å². The summed E-state index contributed by atoms with van der Waals surface area (Å²) in [6, 6.07) is 0. The molecule has 6 heteroatoms. The molecule has 4 nitrogen and oxygen atoms in total. The van der Waals surface area contributed by atoms with Gasteiger partial charge in [0, 0.05) is 0 Å². The SMILES string of the molecule is O=C(F)O[SH](=O)=O. The van der Waals surface area contributed by atoms with Gasteiger partial charge in [0.25, 0.3) is 0 Å². The van der Waals surface area contributed by atoms with Crippen LogP contribution in [0.4, 0.5) is 9.18 Å². The molecule has 0 aromatic carbocycles. The van der Waals surface area contributed by atoms with Crippen LogP contribution in [0.1, 0.15) is 0 Å². The molecule has 0 aliphatic rings. The van der Waals surface area contributed by atoms with E-state index in [4.69, 9.17) is 13.2 Å². The Kier molecular flexibility index (Phi) is 2.28. The van der Waals surface area contributed by atoms with Gasteiger partial charge < -0.3 is 4.18 Å². The van der Waals surface area contributed by atoms with E-state index in [1.165, 1.54) is 0 Å². The van der Waals surface area contributed by atoms with Crippen molar-refractivity contribution < 1.29 is 21.8 Å². The number of hydrogen-bond donors (Lipinski definition) is 1. The van der Waals surface area contributed by atoms with E-state index in [0.29, 0.717) is 0 Å².